The second-order valence-corrected chi connectivity index (χ2v) is 7.51. The van der Waals surface area contributed by atoms with E-state index in [2.05, 4.69) is 38.3 Å². The first-order chi connectivity index (χ1) is 15.2. The molecule has 1 N–H and O–H groups in total. The lowest BCUT2D eigenvalue weighted by molar-refractivity contribution is 0.171. The molecular weight excluding hydrogens is 392 g/mol. The molecule has 0 atom stereocenters. The van der Waals surface area contributed by atoms with Gasteiger partial charge in [-0.25, -0.2) is 0 Å². The Labute approximate surface area is 185 Å². The van der Waals surface area contributed by atoms with Gasteiger partial charge in [0.1, 0.15) is 17.2 Å². The number of rotatable bonds is 8. The van der Waals surface area contributed by atoms with E-state index in [1.165, 1.54) is 5.56 Å². The predicted molar refractivity (Wildman–Crippen MR) is 124 cm³/mol. The molecule has 0 radical (unpaired) electrons. The SMILES string of the molecule is CN=C(NCCc1ccc(OC)cc1)N1CCN(Cc2cc(OC)ccc2OC)CC1. The molecule has 0 aromatic heterocycles. The third-order valence-electron chi connectivity index (χ3n) is 5.62. The molecule has 1 heterocycles. The van der Waals surface area contributed by atoms with Crippen LogP contribution in [0.5, 0.6) is 17.2 Å². The van der Waals surface area contributed by atoms with Crippen molar-refractivity contribution in [2.45, 2.75) is 13.0 Å². The zero-order chi connectivity index (χ0) is 22.1. The van der Waals surface area contributed by atoms with E-state index in [1.54, 1.807) is 21.3 Å². The molecule has 1 aliphatic heterocycles. The van der Waals surface area contributed by atoms with E-state index >= 15 is 0 Å². The summed E-state index contributed by atoms with van der Waals surface area (Å²) in [6.07, 6.45) is 0.943. The third kappa shape index (κ3) is 6.28. The number of nitrogens with one attached hydrogen (secondary N) is 1. The summed E-state index contributed by atoms with van der Waals surface area (Å²) in [5.41, 5.74) is 2.43. The van der Waals surface area contributed by atoms with Gasteiger partial charge in [-0.3, -0.25) is 9.89 Å². The molecule has 2 aromatic rings. The number of hydrogen-bond acceptors (Lipinski definition) is 5. The maximum Gasteiger partial charge on any atom is 0.193 e. The third-order valence-corrected chi connectivity index (χ3v) is 5.62. The highest BCUT2D eigenvalue weighted by Gasteiger charge is 2.20. The fourth-order valence-electron chi connectivity index (χ4n) is 3.81. The minimum Gasteiger partial charge on any atom is -0.497 e. The number of methoxy groups -OCH3 is 3. The van der Waals surface area contributed by atoms with Crippen LogP contribution in [0.25, 0.3) is 0 Å². The van der Waals surface area contributed by atoms with Gasteiger partial charge >= 0.3 is 0 Å². The van der Waals surface area contributed by atoms with Gasteiger partial charge in [0.05, 0.1) is 21.3 Å². The highest BCUT2D eigenvalue weighted by molar-refractivity contribution is 5.80. The summed E-state index contributed by atoms with van der Waals surface area (Å²) >= 11 is 0. The monoisotopic (exact) mass is 426 g/mol. The first kappa shape index (κ1) is 22.7. The lowest BCUT2D eigenvalue weighted by Crippen LogP contribution is -2.52. The Balaban J connectivity index is 1.47. The van der Waals surface area contributed by atoms with Crippen molar-refractivity contribution in [2.24, 2.45) is 4.99 Å². The Morgan fingerprint density at radius 1 is 0.903 bits per heavy atom. The molecule has 0 bridgehead atoms. The second-order valence-electron chi connectivity index (χ2n) is 7.51. The summed E-state index contributed by atoms with van der Waals surface area (Å²) in [6, 6.07) is 14.2. The number of piperazine rings is 1. The highest BCUT2D eigenvalue weighted by Crippen LogP contribution is 2.25. The van der Waals surface area contributed by atoms with Crippen LogP contribution in [0.1, 0.15) is 11.1 Å². The average Bonchev–Trinajstić information content (AvgIpc) is 2.83. The Morgan fingerprint density at radius 3 is 2.19 bits per heavy atom. The van der Waals surface area contributed by atoms with Crippen LogP contribution in [0, 0.1) is 0 Å². The predicted octanol–water partition coefficient (Wildman–Crippen LogP) is 2.65. The summed E-state index contributed by atoms with van der Waals surface area (Å²) in [4.78, 5) is 9.26. The molecule has 168 valence electrons. The van der Waals surface area contributed by atoms with E-state index < -0.39 is 0 Å². The first-order valence-electron chi connectivity index (χ1n) is 10.7. The van der Waals surface area contributed by atoms with Gasteiger partial charge in [-0.1, -0.05) is 12.1 Å². The number of benzene rings is 2. The standard InChI is InChI=1S/C24H34N4O3/c1-25-24(26-12-11-19-5-7-21(29-2)8-6-19)28-15-13-27(14-16-28)18-20-17-22(30-3)9-10-23(20)31-4/h5-10,17H,11-16,18H2,1-4H3,(H,25,26). The maximum absolute atomic E-state index is 5.53. The van der Waals surface area contributed by atoms with Gasteiger partial charge < -0.3 is 24.4 Å². The normalized spacial score (nSPS) is 15.0. The fraction of sp³-hybridized carbons (Fsp3) is 0.458. The Kier molecular flexibility index (Phi) is 8.41. The molecular formula is C24H34N4O3. The first-order valence-corrected chi connectivity index (χ1v) is 10.7. The van der Waals surface area contributed by atoms with Gasteiger partial charge in [0.15, 0.2) is 5.96 Å². The van der Waals surface area contributed by atoms with Gasteiger partial charge in [0.2, 0.25) is 0 Å². The van der Waals surface area contributed by atoms with Crippen molar-refractivity contribution in [3.8, 4) is 17.2 Å². The molecule has 0 saturated carbocycles. The molecule has 31 heavy (non-hydrogen) atoms. The van der Waals surface area contributed by atoms with Crippen LogP contribution in [-0.2, 0) is 13.0 Å². The Hall–Kier alpha value is -2.93. The summed E-state index contributed by atoms with van der Waals surface area (Å²) in [5, 5.41) is 3.50. The Bertz CT molecular complexity index is 846. The van der Waals surface area contributed by atoms with Crippen LogP contribution < -0.4 is 19.5 Å². The van der Waals surface area contributed by atoms with E-state index in [9.17, 15) is 0 Å². The molecule has 7 heteroatoms. The zero-order valence-electron chi connectivity index (χ0n) is 19.1. The van der Waals surface area contributed by atoms with Crippen molar-refractivity contribution in [3.63, 3.8) is 0 Å². The van der Waals surface area contributed by atoms with E-state index in [-0.39, 0.29) is 0 Å². The van der Waals surface area contributed by atoms with Crippen LogP contribution in [0.15, 0.2) is 47.5 Å². The number of guanidine groups is 1. The summed E-state index contributed by atoms with van der Waals surface area (Å²) < 4.78 is 16.1. The van der Waals surface area contributed by atoms with Gasteiger partial charge in [-0.2, -0.15) is 0 Å². The van der Waals surface area contributed by atoms with Crippen molar-refractivity contribution >= 4 is 5.96 Å². The second kappa shape index (κ2) is 11.5. The average molecular weight is 427 g/mol. The van der Waals surface area contributed by atoms with Crippen LogP contribution in [0.3, 0.4) is 0 Å². The van der Waals surface area contributed by atoms with Crippen LogP contribution in [-0.4, -0.2) is 76.9 Å². The van der Waals surface area contributed by atoms with E-state index in [0.717, 1.165) is 74.5 Å². The van der Waals surface area contributed by atoms with Crippen LogP contribution in [0.4, 0.5) is 0 Å². The van der Waals surface area contributed by atoms with E-state index in [0.29, 0.717) is 0 Å². The van der Waals surface area contributed by atoms with Crippen molar-refractivity contribution in [1.82, 2.24) is 15.1 Å². The smallest absolute Gasteiger partial charge is 0.193 e. The molecule has 0 spiro atoms. The van der Waals surface area contributed by atoms with Gasteiger partial charge in [-0.05, 0) is 42.3 Å². The van der Waals surface area contributed by atoms with E-state index in [1.807, 2.05) is 31.3 Å². The minimum atomic E-state index is 0.845. The molecule has 0 aliphatic carbocycles. The van der Waals surface area contributed by atoms with Crippen LogP contribution in [0.2, 0.25) is 0 Å². The van der Waals surface area contributed by atoms with Crippen LogP contribution >= 0.6 is 0 Å². The number of nitrogens with zero attached hydrogens (tertiary/aromatic N) is 3. The van der Waals surface area contributed by atoms with Crippen molar-refractivity contribution in [1.29, 1.82) is 0 Å². The summed E-state index contributed by atoms with van der Waals surface area (Å²) in [7, 11) is 6.94. The van der Waals surface area contributed by atoms with Crippen molar-refractivity contribution in [2.75, 3.05) is 61.1 Å². The maximum atomic E-state index is 5.53. The molecule has 0 unspecified atom stereocenters. The molecule has 1 saturated heterocycles. The molecule has 2 aromatic carbocycles. The van der Waals surface area contributed by atoms with E-state index in [4.69, 9.17) is 14.2 Å². The molecule has 1 aliphatic rings. The summed E-state index contributed by atoms with van der Waals surface area (Å²) in [5.74, 6) is 3.61. The largest absolute Gasteiger partial charge is 0.497 e. The molecule has 0 amide bonds. The van der Waals surface area contributed by atoms with Gasteiger partial charge in [0, 0.05) is 51.9 Å². The minimum absolute atomic E-state index is 0.845. The van der Waals surface area contributed by atoms with Crippen molar-refractivity contribution < 1.29 is 14.2 Å². The quantitative estimate of drug-likeness (QED) is 0.517. The lowest BCUT2D eigenvalue weighted by atomic mass is 10.1. The summed E-state index contributed by atoms with van der Waals surface area (Å²) in [6.45, 7) is 5.51. The lowest BCUT2D eigenvalue weighted by Gasteiger charge is -2.36. The van der Waals surface area contributed by atoms with Gasteiger partial charge in [0.25, 0.3) is 0 Å². The van der Waals surface area contributed by atoms with Gasteiger partial charge in [-0.15, -0.1) is 0 Å². The highest BCUT2D eigenvalue weighted by atomic mass is 16.5. The Morgan fingerprint density at radius 2 is 1.58 bits per heavy atom. The number of ether oxygens (including phenoxy) is 3. The zero-order valence-corrected chi connectivity index (χ0v) is 19.1. The molecule has 7 nitrogen and oxygen atoms in total. The fourth-order valence-corrected chi connectivity index (χ4v) is 3.81. The molecule has 3 rings (SSSR count). The van der Waals surface area contributed by atoms with Crippen molar-refractivity contribution in [3.05, 3.63) is 53.6 Å². The topological polar surface area (TPSA) is 58.6 Å². The number of aliphatic imine (C=N–C) groups is 1. The molecule has 1 fully saturated rings. The number of hydrogen-bond donors (Lipinski definition) is 1.